The molecule has 4 nitrogen and oxygen atoms in total. The number of amides is 1. The molecule has 2 N–H and O–H groups in total. The Labute approximate surface area is 114 Å². The first-order valence-electron chi connectivity index (χ1n) is 7.02. The molecule has 102 valence electrons. The normalized spacial score (nSPS) is 23.2. The molecule has 0 atom stereocenters. The molecule has 0 aromatic heterocycles. The van der Waals surface area contributed by atoms with Gasteiger partial charge in [0.1, 0.15) is 5.54 Å². The summed E-state index contributed by atoms with van der Waals surface area (Å²) in [5.74, 6) is -0.135. The molecule has 1 aromatic rings. The van der Waals surface area contributed by atoms with Gasteiger partial charge in [-0.25, -0.2) is 0 Å². The second kappa shape index (κ2) is 4.94. The van der Waals surface area contributed by atoms with E-state index in [0.717, 1.165) is 45.6 Å². The Morgan fingerprint density at radius 1 is 1.11 bits per heavy atom. The summed E-state index contributed by atoms with van der Waals surface area (Å²) in [6.45, 7) is 4.94. The Hall–Kier alpha value is -1.39. The van der Waals surface area contributed by atoms with Crippen molar-refractivity contribution in [1.82, 2.24) is 9.80 Å². The topological polar surface area (TPSA) is 49.6 Å². The van der Waals surface area contributed by atoms with E-state index in [0.29, 0.717) is 0 Å². The number of rotatable bonds is 4. The lowest BCUT2D eigenvalue weighted by atomic mass is 10.1. The summed E-state index contributed by atoms with van der Waals surface area (Å²) in [7, 11) is 0. The molecule has 0 unspecified atom stereocenters. The van der Waals surface area contributed by atoms with Crippen LogP contribution in [0.15, 0.2) is 30.3 Å². The van der Waals surface area contributed by atoms with Gasteiger partial charge in [0.2, 0.25) is 5.91 Å². The van der Waals surface area contributed by atoms with Crippen molar-refractivity contribution < 1.29 is 4.79 Å². The molecular formula is C15H21N3O. The van der Waals surface area contributed by atoms with Crippen LogP contribution in [-0.4, -0.2) is 47.4 Å². The van der Waals surface area contributed by atoms with Gasteiger partial charge in [0.05, 0.1) is 0 Å². The van der Waals surface area contributed by atoms with Crippen LogP contribution in [0.1, 0.15) is 18.4 Å². The van der Waals surface area contributed by atoms with Gasteiger partial charge in [0, 0.05) is 32.7 Å². The van der Waals surface area contributed by atoms with Crippen molar-refractivity contribution in [1.29, 1.82) is 0 Å². The van der Waals surface area contributed by atoms with E-state index in [1.807, 2.05) is 6.07 Å². The third kappa shape index (κ3) is 2.51. The fourth-order valence-corrected chi connectivity index (χ4v) is 3.01. The highest BCUT2D eigenvalue weighted by atomic mass is 16.2. The predicted octanol–water partition coefficient (Wildman–Crippen LogP) is 0.822. The quantitative estimate of drug-likeness (QED) is 0.871. The molecule has 19 heavy (non-hydrogen) atoms. The fraction of sp³-hybridized carbons (Fsp3) is 0.533. The molecule has 2 fully saturated rings. The fourth-order valence-electron chi connectivity index (χ4n) is 3.01. The van der Waals surface area contributed by atoms with E-state index in [9.17, 15) is 4.79 Å². The molecule has 2 aliphatic rings. The first-order chi connectivity index (χ1) is 9.21. The molecule has 0 bridgehead atoms. The molecule has 1 aromatic carbocycles. The molecule has 0 radical (unpaired) electrons. The number of benzene rings is 1. The van der Waals surface area contributed by atoms with Crippen molar-refractivity contribution in [3.63, 3.8) is 0 Å². The minimum atomic E-state index is -0.293. The van der Waals surface area contributed by atoms with Gasteiger partial charge in [-0.1, -0.05) is 30.3 Å². The summed E-state index contributed by atoms with van der Waals surface area (Å²) >= 11 is 0. The second-order valence-corrected chi connectivity index (χ2v) is 5.64. The van der Waals surface area contributed by atoms with Crippen LogP contribution in [0.3, 0.4) is 0 Å². The SMILES string of the molecule is NC(=O)C1(N2CCN(Cc3ccccc3)CC2)CC1. The maximum absolute atomic E-state index is 11.5. The Bertz CT molecular complexity index is 448. The molecule has 1 heterocycles. The number of carbonyl (C=O) groups is 1. The van der Waals surface area contributed by atoms with Crippen molar-refractivity contribution in [2.24, 2.45) is 5.73 Å². The maximum Gasteiger partial charge on any atom is 0.237 e. The monoisotopic (exact) mass is 259 g/mol. The Morgan fingerprint density at radius 2 is 1.74 bits per heavy atom. The van der Waals surface area contributed by atoms with Crippen molar-refractivity contribution in [3.05, 3.63) is 35.9 Å². The summed E-state index contributed by atoms with van der Waals surface area (Å²) in [6, 6.07) is 10.5. The lowest BCUT2D eigenvalue weighted by Gasteiger charge is -2.38. The highest BCUT2D eigenvalue weighted by molar-refractivity contribution is 5.87. The zero-order valence-corrected chi connectivity index (χ0v) is 11.2. The van der Waals surface area contributed by atoms with E-state index in [2.05, 4.69) is 34.1 Å². The number of nitrogens with zero attached hydrogens (tertiary/aromatic N) is 2. The number of carbonyl (C=O) groups excluding carboxylic acids is 1. The zero-order chi connectivity index (χ0) is 13.3. The molecular weight excluding hydrogens is 238 g/mol. The summed E-state index contributed by atoms with van der Waals surface area (Å²) < 4.78 is 0. The van der Waals surface area contributed by atoms with Gasteiger partial charge in [0.25, 0.3) is 0 Å². The highest BCUT2D eigenvalue weighted by Crippen LogP contribution is 2.41. The van der Waals surface area contributed by atoms with Crippen LogP contribution in [0.25, 0.3) is 0 Å². The van der Waals surface area contributed by atoms with Gasteiger partial charge in [-0.3, -0.25) is 14.6 Å². The molecule has 1 saturated carbocycles. The zero-order valence-electron chi connectivity index (χ0n) is 11.2. The summed E-state index contributed by atoms with van der Waals surface area (Å²) in [5, 5.41) is 0. The number of hydrogen-bond acceptors (Lipinski definition) is 3. The largest absolute Gasteiger partial charge is 0.368 e. The standard InChI is InChI=1S/C15H21N3O/c16-14(19)15(6-7-15)18-10-8-17(9-11-18)12-13-4-2-1-3-5-13/h1-5H,6-12H2,(H2,16,19). The first-order valence-corrected chi connectivity index (χ1v) is 7.02. The summed E-state index contributed by atoms with van der Waals surface area (Å²) in [5.41, 5.74) is 6.59. The summed E-state index contributed by atoms with van der Waals surface area (Å²) in [4.78, 5) is 16.3. The third-order valence-corrected chi connectivity index (χ3v) is 4.41. The van der Waals surface area contributed by atoms with Crippen LogP contribution in [0, 0.1) is 0 Å². The molecule has 1 aliphatic carbocycles. The highest BCUT2D eigenvalue weighted by Gasteiger charge is 2.53. The predicted molar refractivity (Wildman–Crippen MR) is 74.5 cm³/mol. The third-order valence-electron chi connectivity index (χ3n) is 4.41. The molecule has 3 rings (SSSR count). The molecule has 4 heteroatoms. The number of primary amides is 1. The Morgan fingerprint density at radius 3 is 2.26 bits per heavy atom. The lowest BCUT2D eigenvalue weighted by molar-refractivity contribution is -0.125. The Kier molecular flexibility index (Phi) is 3.29. The number of nitrogens with two attached hydrogens (primary N) is 1. The van der Waals surface area contributed by atoms with Crippen LogP contribution in [0.5, 0.6) is 0 Å². The van der Waals surface area contributed by atoms with Gasteiger partial charge < -0.3 is 5.73 Å². The van der Waals surface area contributed by atoms with Crippen LogP contribution in [-0.2, 0) is 11.3 Å². The van der Waals surface area contributed by atoms with Gasteiger partial charge in [-0.05, 0) is 18.4 Å². The van der Waals surface area contributed by atoms with Crippen molar-refractivity contribution >= 4 is 5.91 Å². The minimum Gasteiger partial charge on any atom is -0.368 e. The average Bonchev–Trinajstić information content (AvgIpc) is 3.22. The van der Waals surface area contributed by atoms with Crippen LogP contribution in [0.4, 0.5) is 0 Å². The minimum absolute atomic E-state index is 0.135. The van der Waals surface area contributed by atoms with E-state index < -0.39 is 0 Å². The number of piperazine rings is 1. The van der Waals surface area contributed by atoms with E-state index >= 15 is 0 Å². The van der Waals surface area contributed by atoms with Crippen LogP contribution in [0.2, 0.25) is 0 Å². The van der Waals surface area contributed by atoms with E-state index in [1.54, 1.807) is 0 Å². The molecule has 0 spiro atoms. The van der Waals surface area contributed by atoms with Crippen molar-refractivity contribution in [3.8, 4) is 0 Å². The number of hydrogen-bond donors (Lipinski definition) is 1. The van der Waals surface area contributed by atoms with Gasteiger partial charge in [-0.15, -0.1) is 0 Å². The maximum atomic E-state index is 11.5. The van der Waals surface area contributed by atoms with Crippen molar-refractivity contribution in [2.45, 2.75) is 24.9 Å². The van der Waals surface area contributed by atoms with Crippen molar-refractivity contribution in [2.75, 3.05) is 26.2 Å². The molecule has 1 amide bonds. The van der Waals surface area contributed by atoms with E-state index in [-0.39, 0.29) is 11.4 Å². The molecule has 1 aliphatic heterocycles. The first kappa shape index (κ1) is 12.6. The molecule has 1 saturated heterocycles. The van der Waals surface area contributed by atoms with Gasteiger partial charge >= 0.3 is 0 Å². The lowest BCUT2D eigenvalue weighted by Crippen LogP contribution is -2.55. The average molecular weight is 259 g/mol. The van der Waals surface area contributed by atoms with Gasteiger partial charge in [-0.2, -0.15) is 0 Å². The van der Waals surface area contributed by atoms with E-state index in [1.165, 1.54) is 5.56 Å². The van der Waals surface area contributed by atoms with Gasteiger partial charge in [0.15, 0.2) is 0 Å². The summed E-state index contributed by atoms with van der Waals surface area (Å²) in [6.07, 6.45) is 1.89. The Balaban J connectivity index is 1.54. The van der Waals surface area contributed by atoms with E-state index in [4.69, 9.17) is 5.73 Å². The second-order valence-electron chi connectivity index (χ2n) is 5.64. The van der Waals surface area contributed by atoms with Crippen LogP contribution >= 0.6 is 0 Å². The van der Waals surface area contributed by atoms with Crippen LogP contribution < -0.4 is 5.73 Å². The smallest absolute Gasteiger partial charge is 0.237 e.